The van der Waals surface area contributed by atoms with E-state index in [9.17, 15) is 12.9 Å². The summed E-state index contributed by atoms with van der Waals surface area (Å²) in [4.78, 5) is 0. The fourth-order valence-corrected chi connectivity index (χ4v) is 1.75. The molecule has 1 rings (SSSR count). The predicted molar refractivity (Wildman–Crippen MR) is 49.6 cm³/mol. The summed E-state index contributed by atoms with van der Waals surface area (Å²) in [5, 5.41) is 0. The molecular formula is C9H15BF3K. The Morgan fingerprint density at radius 3 is 2.14 bits per heavy atom. The zero-order valence-corrected chi connectivity index (χ0v) is 11.8. The van der Waals surface area contributed by atoms with Crippen LogP contribution < -0.4 is 51.4 Å². The van der Waals surface area contributed by atoms with E-state index in [1.165, 1.54) is 25.3 Å². The minimum atomic E-state index is -4.62. The van der Waals surface area contributed by atoms with Crippen molar-refractivity contribution >= 4 is 6.98 Å². The minimum Gasteiger partial charge on any atom is -0.449 e. The van der Waals surface area contributed by atoms with Crippen molar-refractivity contribution in [3.05, 3.63) is 12.2 Å². The van der Waals surface area contributed by atoms with E-state index < -0.39 is 13.3 Å². The van der Waals surface area contributed by atoms with E-state index in [0.29, 0.717) is 5.92 Å². The summed E-state index contributed by atoms with van der Waals surface area (Å²) >= 11 is 0. The third kappa shape index (κ3) is 7.51. The molecule has 0 aromatic rings. The van der Waals surface area contributed by atoms with E-state index >= 15 is 0 Å². The molecule has 0 heterocycles. The Bertz CT molecular complexity index is 173. The van der Waals surface area contributed by atoms with Gasteiger partial charge in [-0.3, -0.25) is 0 Å². The van der Waals surface area contributed by atoms with E-state index in [0.717, 1.165) is 12.8 Å². The molecule has 76 valence electrons. The van der Waals surface area contributed by atoms with Crippen molar-refractivity contribution in [1.82, 2.24) is 0 Å². The van der Waals surface area contributed by atoms with E-state index in [1.807, 2.05) is 0 Å². The molecule has 1 aliphatic rings. The van der Waals surface area contributed by atoms with E-state index in [2.05, 4.69) is 0 Å². The zero-order valence-electron chi connectivity index (χ0n) is 8.69. The van der Waals surface area contributed by atoms with Crippen LogP contribution >= 0.6 is 0 Å². The first-order valence-corrected chi connectivity index (χ1v) is 4.95. The minimum absolute atomic E-state index is 0. The molecule has 0 saturated heterocycles. The molecule has 1 saturated carbocycles. The van der Waals surface area contributed by atoms with E-state index in [1.54, 1.807) is 6.08 Å². The normalized spacial score (nSPS) is 19.6. The van der Waals surface area contributed by atoms with Crippen LogP contribution in [0.4, 0.5) is 12.9 Å². The number of halogens is 3. The number of rotatable bonds is 3. The average molecular weight is 230 g/mol. The van der Waals surface area contributed by atoms with Crippen molar-refractivity contribution in [2.45, 2.75) is 38.4 Å². The summed E-state index contributed by atoms with van der Waals surface area (Å²) in [6.45, 7) is -4.62. The Morgan fingerprint density at radius 1 is 1.07 bits per heavy atom. The van der Waals surface area contributed by atoms with Crippen molar-refractivity contribution in [2.24, 2.45) is 5.92 Å². The van der Waals surface area contributed by atoms with Gasteiger partial charge in [0.25, 0.3) is 0 Å². The van der Waals surface area contributed by atoms with Crippen LogP contribution in [0.3, 0.4) is 0 Å². The van der Waals surface area contributed by atoms with E-state index in [-0.39, 0.29) is 51.4 Å². The van der Waals surface area contributed by atoms with Crippen molar-refractivity contribution in [3.8, 4) is 0 Å². The molecule has 0 aliphatic heterocycles. The maximum Gasteiger partial charge on any atom is 1.00 e. The van der Waals surface area contributed by atoms with Gasteiger partial charge in [0.15, 0.2) is 0 Å². The van der Waals surface area contributed by atoms with Crippen molar-refractivity contribution < 1.29 is 64.3 Å². The van der Waals surface area contributed by atoms with Crippen LogP contribution in [-0.2, 0) is 0 Å². The van der Waals surface area contributed by atoms with Gasteiger partial charge in [-0.1, -0.05) is 31.7 Å². The molecule has 5 heteroatoms. The van der Waals surface area contributed by atoms with Gasteiger partial charge in [-0.25, -0.2) is 0 Å². The Balaban J connectivity index is 0.00000169. The first kappa shape index (κ1) is 15.2. The quantitative estimate of drug-likeness (QED) is 0.500. The fraction of sp³-hybridized carbons (Fsp3) is 0.778. The molecule has 1 fully saturated rings. The van der Waals surface area contributed by atoms with E-state index in [4.69, 9.17) is 0 Å². The van der Waals surface area contributed by atoms with Crippen LogP contribution in [-0.4, -0.2) is 6.98 Å². The maximum atomic E-state index is 11.8. The monoisotopic (exact) mass is 230 g/mol. The summed E-state index contributed by atoms with van der Waals surface area (Å²) < 4.78 is 35.5. The van der Waals surface area contributed by atoms with Crippen LogP contribution in [0.2, 0.25) is 6.32 Å². The number of hydrogen-bond donors (Lipinski definition) is 0. The van der Waals surface area contributed by atoms with Gasteiger partial charge in [0.2, 0.25) is 0 Å². The SMILES string of the molecule is F[B-](F)(F)C/C=C/C1CCCCC1.[K+]. The van der Waals surface area contributed by atoms with Gasteiger partial charge < -0.3 is 12.9 Å². The molecular weight excluding hydrogens is 215 g/mol. The second kappa shape index (κ2) is 7.50. The van der Waals surface area contributed by atoms with Gasteiger partial charge in [0.1, 0.15) is 0 Å². The Kier molecular flexibility index (Phi) is 8.15. The smallest absolute Gasteiger partial charge is 0.449 e. The van der Waals surface area contributed by atoms with Crippen molar-refractivity contribution in [1.29, 1.82) is 0 Å². The van der Waals surface area contributed by atoms with Crippen LogP contribution in [0.1, 0.15) is 32.1 Å². The topological polar surface area (TPSA) is 0 Å². The first-order valence-electron chi connectivity index (χ1n) is 4.95. The second-order valence-electron chi connectivity index (χ2n) is 3.77. The van der Waals surface area contributed by atoms with Gasteiger partial charge in [-0.15, -0.1) is 6.08 Å². The molecule has 0 nitrogen and oxygen atoms in total. The molecule has 1 aliphatic carbocycles. The average Bonchev–Trinajstić information content (AvgIpc) is 2.04. The molecule has 0 aromatic carbocycles. The van der Waals surface area contributed by atoms with Gasteiger partial charge in [-0.2, -0.15) is 0 Å². The number of allylic oxidation sites excluding steroid dienone is 2. The zero-order chi connectivity index (χ0) is 9.73. The largest absolute Gasteiger partial charge is 1.00 e. The summed E-state index contributed by atoms with van der Waals surface area (Å²) in [7, 11) is 0. The van der Waals surface area contributed by atoms with Crippen LogP contribution in [0.25, 0.3) is 0 Å². The van der Waals surface area contributed by atoms with Gasteiger partial charge in [0, 0.05) is 0 Å². The van der Waals surface area contributed by atoms with Gasteiger partial charge >= 0.3 is 58.4 Å². The third-order valence-corrected chi connectivity index (χ3v) is 2.46. The molecule has 0 unspecified atom stereocenters. The molecule has 0 spiro atoms. The van der Waals surface area contributed by atoms with Gasteiger partial charge in [-0.05, 0) is 18.8 Å². The van der Waals surface area contributed by atoms with Crippen molar-refractivity contribution in [3.63, 3.8) is 0 Å². The number of hydrogen-bond acceptors (Lipinski definition) is 0. The molecule has 0 N–H and O–H groups in total. The van der Waals surface area contributed by atoms with Crippen molar-refractivity contribution in [2.75, 3.05) is 0 Å². The summed E-state index contributed by atoms with van der Waals surface area (Å²) in [5.41, 5.74) is 0. The third-order valence-electron chi connectivity index (χ3n) is 2.46. The molecule has 0 aromatic heterocycles. The second-order valence-corrected chi connectivity index (χ2v) is 3.77. The Hall–Kier alpha value is 1.23. The van der Waals surface area contributed by atoms with Crippen LogP contribution in [0.5, 0.6) is 0 Å². The molecule has 0 atom stereocenters. The molecule has 0 radical (unpaired) electrons. The maximum absolute atomic E-state index is 11.8. The predicted octanol–water partition coefficient (Wildman–Crippen LogP) is 0.974. The Morgan fingerprint density at radius 2 is 1.64 bits per heavy atom. The Labute approximate surface area is 126 Å². The summed E-state index contributed by atoms with van der Waals surface area (Å²) in [5.74, 6) is 0.409. The first-order chi connectivity index (χ1) is 6.08. The summed E-state index contributed by atoms with van der Waals surface area (Å²) in [6, 6.07) is 0. The fourth-order valence-electron chi connectivity index (χ4n) is 1.75. The summed E-state index contributed by atoms with van der Waals surface area (Å²) in [6.07, 6.45) is 8.08. The van der Waals surface area contributed by atoms with Crippen LogP contribution in [0.15, 0.2) is 12.2 Å². The molecule has 0 bridgehead atoms. The van der Waals surface area contributed by atoms with Gasteiger partial charge in [0.05, 0.1) is 0 Å². The molecule has 0 amide bonds. The molecule has 14 heavy (non-hydrogen) atoms. The standard InChI is InChI=1S/C9H15BF3.K/c11-10(12,13)8-4-7-9-5-2-1-3-6-9;/h4,7,9H,1-3,5-6,8H2;/q-1;+1/b7-4+;. The van der Waals surface area contributed by atoms with Crippen LogP contribution in [0, 0.1) is 5.92 Å².